The van der Waals surface area contributed by atoms with Crippen LogP contribution in [0, 0.1) is 13.8 Å². The van der Waals surface area contributed by atoms with Crippen molar-refractivity contribution in [1.82, 2.24) is 0 Å². The Morgan fingerprint density at radius 1 is 1.18 bits per heavy atom. The first-order valence-corrected chi connectivity index (χ1v) is 8.10. The zero-order valence-corrected chi connectivity index (χ0v) is 14.4. The Balaban J connectivity index is 1.76. The quantitative estimate of drug-likeness (QED) is 0.745. The number of halogens is 1. The van der Waals surface area contributed by atoms with Crippen molar-refractivity contribution in [3.63, 3.8) is 0 Å². The average Bonchev–Trinajstić information content (AvgIpc) is 2.49. The van der Waals surface area contributed by atoms with Crippen LogP contribution in [0.4, 0.5) is 5.69 Å². The van der Waals surface area contributed by atoms with Gasteiger partial charge in [0.25, 0.3) is 0 Å². The topological polar surface area (TPSA) is 38.3 Å². The van der Waals surface area contributed by atoms with Crippen LogP contribution in [-0.2, 0) is 4.79 Å². The van der Waals surface area contributed by atoms with Crippen molar-refractivity contribution in [3.8, 4) is 5.75 Å². The molecule has 3 nitrogen and oxygen atoms in total. The van der Waals surface area contributed by atoms with E-state index in [1.807, 2.05) is 50.2 Å². The van der Waals surface area contributed by atoms with E-state index in [2.05, 4.69) is 27.3 Å². The van der Waals surface area contributed by atoms with E-state index in [9.17, 15) is 4.79 Å². The molecule has 0 aromatic heterocycles. The van der Waals surface area contributed by atoms with Crippen LogP contribution >= 0.6 is 15.9 Å². The summed E-state index contributed by atoms with van der Waals surface area (Å²) in [4.78, 5) is 11.9. The Kier molecular flexibility index (Phi) is 6.01. The highest BCUT2D eigenvalue weighted by atomic mass is 79.9. The Hall–Kier alpha value is -1.81. The molecule has 0 atom stereocenters. The number of amides is 1. The predicted molar refractivity (Wildman–Crippen MR) is 93.4 cm³/mol. The fraction of sp³-hybridized carbons (Fsp3) is 0.278. The molecule has 0 radical (unpaired) electrons. The Labute approximate surface area is 139 Å². The van der Waals surface area contributed by atoms with Gasteiger partial charge in [-0.3, -0.25) is 4.79 Å². The van der Waals surface area contributed by atoms with Gasteiger partial charge in [-0.25, -0.2) is 0 Å². The van der Waals surface area contributed by atoms with Gasteiger partial charge >= 0.3 is 0 Å². The molecule has 0 aliphatic carbocycles. The summed E-state index contributed by atoms with van der Waals surface area (Å²) in [6.07, 6.45) is 1.12. The smallest absolute Gasteiger partial charge is 0.224 e. The van der Waals surface area contributed by atoms with Crippen LogP contribution in [-0.4, -0.2) is 12.5 Å². The molecule has 2 aromatic rings. The SMILES string of the molecule is Cc1ccc(C)c(OCCCC(=O)Nc2ccccc2Br)c1. The maximum atomic E-state index is 11.9. The number of aryl methyl sites for hydroxylation is 2. The van der Waals surface area contributed by atoms with Crippen molar-refractivity contribution in [2.45, 2.75) is 26.7 Å². The molecule has 116 valence electrons. The molecular weight excluding hydrogens is 342 g/mol. The van der Waals surface area contributed by atoms with E-state index in [0.29, 0.717) is 19.4 Å². The van der Waals surface area contributed by atoms with Crippen molar-refractivity contribution in [1.29, 1.82) is 0 Å². The summed E-state index contributed by atoms with van der Waals surface area (Å²) in [5, 5.41) is 2.89. The zero-order valence-electron chi connectivity index (χ0n) is 12.9. The summed E-state index contributed by atoms with van der Waals surface area (Å²) < 4.78 is 6.64. The van der Waals surface area contributed by atoms with E-state index in [-0.39, 0.29) is 5.91 Å². The van der Waals surface area contributed by atoms with E-state index in [4.69, 9.17) is 4.74 Å². The minimum absolute atomic E-state index is 0.00327. The third kappa shape index (κ3) is 4.88. The van der Waals surface area contributed by atoms with E-state index >= 15 is 0 Å². The highest BCUT2D eigenvalue weighted by Gasteiger charge is 2.05. The van der Waals surface area contributed by atoms with Gasteiger partial charge in [-0.05, 0) is 65.5 Å². The normalized spacial score (nSPS) is 10.3. The van der Waals surface area contributed by atoms with Gasteiger partial charge in [-0.2, -0.15) is 0 Å². The summed E-state index contributed by atoms with van der Waals surface area (Å²) in [6.45, 7) is 4.60. The first-order valence-electron chi connectivity index (χ1n) is 7.30. The molecule has 0 unspecified atom stereocenters. The van der Waals surface area contributed by atoms with E-state index in [1.165, 1.54) is 5.56 Å². The second-order valence-electron chi connectivity index (χ2n) is 5.25. The molecule has 1 N–H and O–H groups in total. The molecule has 0 aliphatic rings. The van der Waals surface area contributed by atoms with Crippen LogP contribution in [0.5, 0.6) is 5.75 Å². The number of anilines is 1. The van der Waals surface area contributed by atoms with Gasteiger partial charge in [0, 0.05) is 10.9 Å². The van der Waals surface area contributed by atoms with Crippen molar-refractivity contribution < 1.29 is 9.53 Å². The lowest BCUT2D eigenvalue weighted by atomic mass is 10.1. The number of benzene rings is 2. The van der Waals surface area contributed by atoms with Crippen LogP contribution in [0.25, 0.3) is 0 Å². The van der Waals surface area contributed by atoms with Crippen LogP contribution in [0.3, 0.4) is 0 Å². The van der Waals surface area contributed by atoms with Crippen molar-refractivity contribution in [2.24, 2.45) is 0 Å². The fourth-order valence-electron chi connectivity index (χ4n) is 2.05. The summed E-state index contributed by atoms with van der Waals surface area (Å²) in [5.74, 6) is 0.891. The van der Waals surface area contributed by atoms with E-state index in [1.54, 1.807) is 0 Å². The molecule has 4 heteroatoms. The van der Waals surface area contributed by atoms with Gasteiger partial charge in [-0.15, -0.1) is 0 Å². The third-order valence-electron chi connectivity index (χ3n) is 3.30. The Morgan fingerprint density at radius 3 is 2.73 bits per heavy atom. The lowest BCUT2D eigenvalue weighted by Crippen LogP contribution is -2.13. The zero-order chi connectivity index (χ0) is 15.9. The molecule has 0 spiro atoms. The highest BCUT2D eigenvalue weighted by molar-refractivity contribution is 9.10. The summed E-state index contributed by atoms with van der Waals surface area (Å²) >= 11 is 3.41. The minimum atomic E-state index is -0.00327. The molecule has 0 saturated carbocycles. The summed E-state index contributed by atoms with van der Waals surface area (Å²) in [6, 6.07) is 13.7. The fourth-order valence-corrected chi connectivity index (χ4v) is 2.44. The maximum absolute atomic E-state index is 11.9. The maximum Gasteiger partial charge on any atom is 0.224 e. The number of hydrogen-bond donors (Lipinski definition) is 1. The highest BCUT2D eigenvalue weighted by Crippen LogP contribution is 2.22. The van der Waals surface area contributed by atoms with Crippen LogP contribution in [0.2, 0.25) is 0 Å². The lowest BCUT2D eigenvalue weighted by Gasteiger charge is -2.10. The number of rotatable bonds is 6. The number of carbonyl (C=O) groups excluding carboxylic acids is 1. The number of ether oxygens (including phenoxy) is 1. The molecule has 2 rings (SSSR count). The van der Waals surface area contributed by atoms with Gasteiger partial charge in [-0.1, -0.05) is 24.3 Å². The van der Waals surface area contributed by atoms with E-state index in [0.717, 1.165) is 21.5 Å². The van der Waals surface area contributed by atoms with Crippen molar-refractivity contribution in [3.05, 3.63) is 58.1 Å². The number of para-hydroxylation sites is 1. The minimum Gasteiger partial charge on any atom is -0.493 e. The lowest BCUT2D eigenvalue weighted by molar-refractivity contribution is -0.116. The third-order valence-corrected chi connectivity index (χ3v) is 3.99. The van der Waals surface area contributed by atoms with Crippen LogP contribution < -0.4 is 10.1 Å². The second kappa shape index (κ2) is 7.99. The van der Waals surface area contributed by atoms with Crippen molar-refractivity contribution in [2.75, 3.05) is 11.9 Å². The van der Waals surface area contributed by atoms with Crippen LogP contribution in [0.15, 0.2) is 46.9 Å². The number of hydrogen-bond acceptors (Lipinski definition) is 2. The predicted octanol–water partition coefficient (Wildman–Crippen LogP) is 4.86. The molecule has 0 saturated heterocycles. The molecule has 0 fully saturated rings. The summed E-state index contributed by atoms with van der Waals surface area (Å²) in [5.41, 5.74) is 3.08. The van der Waals surface area contributed by atoms with Gasteiger partial charge in [0.05, 0.1) is 12.3 Å². The first kappa shape index (κ1) is 16.6. The molecule has 0 aliphatic heterocycles. The second-order valence-corrected chi connectivity index (χ2v) is 6.10. The Morgan fingerprint density at radius 2 is 1.95 bits per heavy atom. The van der Waals surface area contributed by atoms with Crippen molar-refractivity contribution >= 4 is 27.5 Å². The standard InChI is InChI=1S/C18H20BrNO2/c1-13-9-10-14(2)17(12-13)22-11-5-8-18(21)20-16-7-4-3-6-15(16)19/h3-4,6-7,9-10,12H,5,8,11H2,1-2H3,(H,20,21). The average molecular weight is 362 g/mol. The van der Waals surface area contributed by atoms with Gasteiger partial charge in [0.2, 0.25) is 5.91 Å². The van der Waals surface area contributed by atoms with Gasteiger partial charge in [0.1, 0.15) is 5.75 Å². The first-order chi connectivity index (χ1) is 10.6. The Bertz CT molecular complexity index is 655. The molecule has 1 amide bonds. The van der Waals surface area contributed by atoms with Gasteiger partial charge in [0.15, 0.2) is 0 Å². The largest absolute Gasteiger partial charge is 0.493 e. The number of nitrogens with one attached hydrogen (secondary N) is 1. The molecule has 0 heterocycles. The monoisotopic (exact) mass is 361 g/mol. The van der Waals surface area contributed by atoms with Gasteiger partial charge < -0.3 is 10.1 Å². The molecule has 2 aromatic carbocycles. The molecular formula is C18H20BrNO2. The molecule has 0 bridgehead atoms. The van der Waals surface area contributed by atoms with Crippen LogP contribution in [0.1, 0.15) is 24.0 Å². The molecule has 22 heavy (non-hydrogen) atoms. The van der Waals surface area contributed by atoms with E-state index < -0.39 is 0 Å². The number of carbonyl (C=O) groups is 1. The summed E-state index contributed by atoms with van der Waals surface area (Å²) in [7, 11) is 0.